The molecule has 158 valence electrons. The minimum absolute atomic E-state index is 0.135. The second-order valence-electron chi connectivity index (χ2n) is 6.60. The molecule has 8 nitrogen and oxygen atoms in total. The molecule has 0 saturated carbocycles. The van der Waals surface area contributed by atoms with Gasteiger partial charge in [-0.15, -0.1) is 0 Å². The largest absolute Gasteiger partial charge is 0.497 e. The molecule has 0 aliphatic heterocycles. The van der Waals surface area contributed by atoms with E-state index in [9.17, 15) is 4.79 Å². The van der Waals surface area contributed by atoms with Crippen molar-refractivity contribution in [1.82, 2.24) is 15.0 Å². The Labute approximate surface area is 178 Å². The lowest BCUT2D eigenvalue weighted by atomic mass is 9.98. The number of benzene rings is 2. The number of hydrogen-bond donors (Lipinski definition) is 1. The summed E-state index contributed by atoms with van der Waals surface area (Å²) in [6.07, 6.45) is 0. The number of ether oxygens (including phenoxy) is 4. The maximum absolute atomic E-state index is 13.5. The summed E-state index contributed by atoms with van der Waals surface area (Å²) in [7, 11) is 6.16. The standard InChI is InChI=1S/C23H21N3O5/c1-28-15-9-5-13(6-10-15)17-18-21(25-23(31-4)26-22(18)30-3)24-19(17)20(27)14-7-11-16(29-2)12-8-14/h5-12H,1-4H3,(H,24,25,26). The van der Waals surface area contributed by atoms with Crippen molar-refractivity contribution in [3.05, 3.63) is 59.8 Å². The van der Waals surface area contributed by atoms with E-state index in [4.69, 9.17) is 18.9 Å². The Morgan fingerprint density at radius 3 is 1.94 bits per heavy atom. The van der Waals surface area contributed by atoms with E-state index in [1.54, 1.807) is 38.5 Å². The molecule has 2 heterocycles. The Bertz CT molecular complexity index is 1230. The second kappa shape index (κ2) is 8.35. The smallest absolute Gasteiger partial charge is 0.321 e. The van der Waals surface area contributed by atoms with Crippen LogP contribution in [0.25, 0.3) is 22.2 Å². The number of nitrogens with zero attached hydrogens (tertiary/aromatic N) is 2. The van der Waals surface area contributed by atoms with Gasteiger partial charge in [0.15, 0.2) is 0 Å². The Balaban J connectivity index is 1.97. The number of methoxy groups -OCH3 is 4. The molecule has 0 amide bonds. The summed E-state index contributed by atoms with van der Waals surface area (Å²) in [4.78, 5) is 25.3. The van der Waals surface area contributed by atoms with E-state index < -0.39 is 0 Å². The number of carbonyl (C=O) groups is 1. The van der Waals surface area contributed by atoms with E-state index in [1.165, 1.54) is 14.2 Å². The lowest BCUT2D eigenvalue weighted by Crippen LogP contribution is -2.03. The van der Waals surface area contributed by atoms with E-state index in [0.29, 0.717) is 45.2 Å². The van der Waals surface area contributed by atoms with Gasteiger partial charge in [0.2, 0.25) is 11.7 Å². The monoisotopic (exact) mass is 419 g/mol. The molecule has 4 rings (SSSR count). The minimum atomic E-state index is -0.201. The van der Waals surface area contributed by atoms with Crippen molar-refractivity contribution in [2.24, 2.45) is 0 Å². The number of nitrogens with one attached hydrogen (secondary N) is 1. The fourth-order valence-corrected chi connectivity index (χ4v) is 3.38. The van der Waals surface area contributed by atoms with Crippen LogP contribution in [0.1, 0.15) is 16.1 Å². The highest BCUT2D eigenvalue weighted by molar-refractivity contribution is 6.17. The molecule has 4 aromatic rings. The molecule has 1 N–H and O–H groups in total. The molecule has 0 unspecified atom stereocenters. The Hall–Kier alpha value is -4.07. The summed E-state index contributed by atoms with van der Waals surface area (Å²) < 4.78 is 21.1. The predicted molar refractivity (Wildman–Crippen MR) is 115 cm³/mol. The molecular formula is C23H21N3O5. The number of rotatable bonds is 7. The van der Waals surface area contributed by atoms with Crippen LogP contribution in [0.4, 0.5) is 0 Å². The van der Waals surface area contributed by atoms with Gasteiger partial charge in [0.1, 0.15) is 17.1 Å². The quantitative estimate of drug-likeness (QED) is 0.454. The van der Waals surface area contributed by atoms with Crippen molar-refractivity contribution in [1.29, 1.82) is 0 Å². The maximum atomic E-state index is 13.5. The van der Waals surface area contributed by atoms with Gasteiger partial charge in [-0.25, -0.2) is 0 Å². The predicted octanol–water partition coefficient (Wildman–Crippen LogP) is 3.89. The Morgan fingerprint density at radius 1 is 0.774 bits per heavy atom. The van der Waals surface area contributed by atoms with Crippen LogP contribution in [-0.4, -0.2) is 49.2 Å². The first-order valence-corrected chi connectivity index (χ1v) is 9.44. The van der Waals surface area contributed by atoms with E-state index in [0.717, 1.165) is 5.56 Å². The van der Waals surface area contributed by atoms with Crippen LogP contribution in [0.3, 0.4) is 0 Å². The Kier molecular flexibility index (Phi) is 5.44. The molecule has 0 spiro atoms. The molecule has 0 radical (unpaired) electrons. The summed E-state index contributed by atoms with van der Waals surface area (Å²) in [5.74, 6) is 1.47. The van der Waals surface area contributed by atoms with Crippen molar-refractivity contribution >= 4 is 16.8 Å². The molecule has 2 aromatic heterocycles. The lowest BCUT2D eigenvalue weighted by Gasteiger charge is -2.08. The SMILES string of the molecule is COc1ccc(C(=O)c2[nH]c3nc(OC)nc(OC)c3c2-c2ccc(OC)cc2)cc1. The lowest BCUT2D eigenvalue weighted by molar-refractivity contribution is 0.103. The molecule has 0 fully saturated rings. The topological polar surface area (TPSA) is 95.6 Å². The van der Waals surface area contributed by atoms with Crippen molar-refractivity contribution in [2.45, 2.75) is 0 Å². The zero-order chi connectivity index (χ0) is 22.0. The van der Waals surface area contributed by atoms with E-state index in [1.807, 2.05) is 24.3 Å². The van der Waals surface area contributed by atoms with Crippen LogP contribution in [0, 0.1) is 0 Å². The third-order valence-corrected chi connectivity index (χ3v) is 4.93. The number of H-pyrrole nitrogens is 1. The van der Waals surface area contributed by atoms with Crippen LogP contribution >= 0.6 is 0 Å². The van der Waals surface area contributed by atoms with Gasteiger partial charge in [0, 0.05) is 11.1 Å². The fraction of sp³-hybridized carbons (Fsp3) is 0.174. The highest BCUT2D eigenvalue weighted by Gasteiger charge is 2.25. The average molecular weight is 419 g/mol. The van der Waals surface area contributed by atoms with E-state index >= 15 is 0 Å². The first kappa shape index (κ1) is 20.2. The van der Waals surface area contributed by atoms with Gasteiger partial charge in [0.25, 0.3) is 0 Å². The molecule has 0 aliphatic carbocycles. The number of carbonyl (C=O) groups excluding carboxylic acids is 1. The zero-order valence-corrected chi connectivity index (χ0v) is 17.6. The zero-order valence-electron chi connectivity index (χ0n) is 17.6. The number of aromatic amines is 1. The highest BCUT2D eigenvalue weighted by atomic mass is 16.5. The third kappa shape index (κ3) is 3.63. The molecule has 0 bridgehead atoms. The van der Waals surface area contributed by atoms with Crippen LogP contribution in [0.2, 0.25) is 0 Å². The van der Waals surface area contributed by atoms with Crippen LogP contribution in [0.5, 0.6) is 23.4 Å². The summed E-state index contributed by atoms with van der Waals surface area (Å²) in [5.41, 5.74) is 2.73. The molecule has 0 aliphatic rings. The highest BCUT2D eigenvalue weighted by Crippen LogP contribution is 2.39. The molecule has 0 saturated heterocycles. The van der Waals surface area contributed by atoms with Crippen molar-refractivity contribution < 1.29 is 23.7 Å². The van der Waals surface area contributed by atoms with Crippen LogP contribution < -0.4 is 18.9 Å². The van der Waals surface area contributed by atoms with Gasteiger partial charge in [-0.2, -0.15) is 9.97 Å². The Morgan fingerprint density at radius 2 is 1.39 bits per heavy atom. The fourth-order valence-electron chi connectivity index (χ4n) is 3.38. The summed E-state index contributed by atoms with van der Waals surface area (Å²) >= 11 is 0. The van der Waals surface area contributed by atoms with Gasteiger partial charge < -0.3 is 23.9 Å². The van der Waals surface area contributed by atoms with Gasteiger partial charge in [-0.3, -0.25) is 4.79 Å². The van der Waals surface area contributed by atoms with Gasteiger partial charge in [-0.1, -0.05) is 12.1 Å². The van der Waals surface area contributed by atoms with Gasteiger partial charge in [-0.05, 0) is 42.0 Å². The molecule has 8 heteroatoms. The molecule has 0 atom stereocenters. The number of hydrogen-bond acceptors (Lipinski definition) is 7. The van der Waals surface area contributed by atoms with Gasteiger partial charge >= 0.3 is 6.01 Å². The first-order chi connectivity index (χ1) is 15.1. The van der Waals surface area contributed by atoms with Crippen molar-refractivity contribution in [2.75, 3.05) is 28.4 Å². The van der Waals surface area contributed by atoms with E-state index in [-0.39, 0.29) is 11.8 Å². The number of ketones is 1. The number of aromatic nitrogens is 3. The summed E-state index contributed by atoms with van der Waals surface area (Å²) in [6.45, 7) is 0. The normalized spacial score (nSPS) is 10.7. The second-order valence-corrected chi connectivity index (χ2v) is 6.60. The van der Waals surface area contributed by atoms with Crippen LogP contribution in [0.15, 0.2) is 48.5 Å². The van der Waals surface area contributed by atoms with Gasteiger partial charge in [0.05, 0.1) is 39.5 Å². The maximum Gasteiger partial charge on any atom is 0.321 e. The first-order valence-electron chi connectivity index (χ1n) is 9.44. The molecule has 2 aromatic carbocycles. The third-order valence-electron chi connectivity index (χ3n) is 4.93. The number of fused-ring (bicyclic) bond motifs is 1. The van der Waals surface area contributed by atoms with Crippen LogP contribution in [-0.2, 0) is 0 Å². The molecular weight excluding hydrogens is 398 g/mol. The minimum Gasteiger partial charge on any atom is -0.497 e. The van der Waals surface area contributed by atoms with Crippen molar-refractivity contribution in [3.8, 4) is 34.5 Å². The van der Waals surface area contributed by atoms with E-state index in [2.05, 4.69) is 15.0 Å². The summed E-state index contributed by atoms with van der Waals surface area (Å²) in [6, 6.07) is 14.4. The average Bonchev–Trinajstić information content (AvgIpc) is 3.22. The van der Waals surface area contributed by atoms with Crippen molar-refractivity contribution in [3.63, 3.8) is 0 Å². The summed E-state index contributed by atoms with van der Waals surface area (Å²) in [5, 5.41) is 0.588. The molecule has 31 heavy (non-hydrogen) atoms.